The molecule has 3 atom stereocenters. The van der Waals surface area contributed by atoms with Crippen molar-refractivity contribution in [2.45, 2.75) is 84.5 Å². The van der Waals surface area contributed by atoms with Crippen LogP contribution in [0, 0.1) is 17.3 Å². The van der Waals surface area contributed by atoms with Crippen LogP contribution in [0.1, 0.15) is 90.2 Å². The zero-order chi connectivity index (χ0) is 20.7. The number of fused-ring (bicyclic) bond motifs is 1. The van der Waals surface area contributed by atoms with Gasteiger partial charge in [-0.05, 0) is 58.8 Å². The summed E-state index contributed by atoms with van der Waals surface area (Å²) in [5.74, 6) is 1.15. The summed E-state index contributed by atoms with van der Waals surface area (Å²) in [7, 11) is 0. The van der Waals surface area contributed by atoms with Gasteiger partial charge in [0.15, 0.2) is 0 Å². The molecular weight excluding hydrogens is 348 g/mol. The number of rotatable bonds is 8. The third kappa shape index (κ3) is 3.58. The van der Waals surface area contributed by atoms with Crippen LogP contribution in [0.3, 0.4) is 0 Å². The SMILES string of the molecule is CCCCCCC(C)(C)c1cc(O)c([C@H]2C=C(CO)[C@@H]3C[C@@H]2C3(C)C)c(O)c1. The van der Waals surface area contributed by atoms with E-state index in [9.17, 15) is 15.3 Å². The van der Waals surface area contributed by atoms with E-state index >= 15 is 0 Å². The highest BCUT2D eigenvalue weighted by Crippen LogP contribution is 2.65. The van der Waals surface area contributed by atoms with Crippen molar-refractivity contribution in [1.82, 2.24) is 0 Å². The lowest BCUT2D eigenvalue weighted by Gasteiger charge is -2.59. The number of benzene rings is 1. The van der Waals surface area contributed by atoms with Crippen LogP contribution in [0.4, 0.5) is 0 Å². The first kappa shape index (κ1) is 21.2. The number of allylic oxidation sites excluding steroid dienone is 1. The first-order valence-electron chi connectivity index (χ1n) is 11.0. The zero-order valence-electron chi connectivity index (χ0n) is 18.3. The summed E-state index contributed by atoms with van der Waals surface area (Å²) in [5, 5.41) is 31.6. The number of hydrogen-bond donors (Lipinski definition) is 3. The Bertz CT molecular complexity index is 721. The van der Waals surface area contributed by atoms with Crippen molar-refractivity contribution in [3.05, 3.63) is 34.9 Å². The van der Waals surface area contributed by atoms with Gasteiger partial charge in [-0.3, -0.25) is 0 Å². The standard InChI is InChI=1S/C25H38O3/c1-6-7-8-9-10-24(2,3)17-12-21(27)23(22(28)13-17)18-11-16(15-26)19-14-20(18)25(19,4)5/h11-13,18-20,26-28H,6-10,14-15H2,1-5H3/t18-,19-,20-/m0/s1. The van der Waals surface area contributed by atoms with E-state index < -0.39 is 0 Å². The van der Waals surface area contributed by atoms with Crippen molar-refractivity contribution in [3.8, 4) is 11.5 Å². The maximum absolute atomic E-state index is 10.9. The van der Waals surface area contributed by atoms with Crippen LogP contribution in [0.2, 0.25) is 0 Å². The fourth-order valence-electron chi connectivity index (χ4n) is 5.60. The second kappa shape index (κ2) is 7.74. The van der Waals surface area contributed by atoms with Gasteiger partial charge in [0.1, 0.15) is 11.5 Å². The molecule has 156 valence electrons. The zero-order valence-corrected chi connectivity index (χ0v) is 18.3. The van der Waals surface area contributed by atoms with Crippen LogP contribution in [0.25, 0.3) is 0 Å². The van der Waals surface area contributed by atoms with Crippen molar-refractivity contribution in [2.75, 3.05) is 6.61 Å². The Morgan fingerprint density at radius 1 is 1.07 bits per heavy atom. The van der Waals surface area contributed by atoms with E-state index in [2.05, 4.69) is 40.7 Å². The van der Waals surface area contributed by atoms with Crippen LogP contribution in [0.15, 0.2) is 23.8 Å². The predicted octanol–water partition coefficient (Wildman–Crippen LogP) is 6.02. The molecule has 1 aromatic rings. The molecule has 2 bridgehead atoms. The molecule has 0 aromatic heterocycles. The predicted molar refractivity (Wildman–Crippen MR) is 115 cm³/mol. The minimum atomic E-state index is -0.0826. The molecule has 0 aliphatic heterocycles. The van der Waals surface area contributed by atoms with E-state index in [-0.39, 0.29) is 34.9 Å². The topological polar surface area (TPSA) is 60.7 Å². The van der Waals surface area contributed by atoms with Gasteiger partial charge in [0.25, 0.3) is 0 Å². The van der Waals surface area contributed by atoms with Gasteiger partial charge in [-0.2, -0.15) is 0 Å². The first-order valence-corrected chi connectivity index (χ1v) is 11.0. The van der Waals surface area contributed by atoms with Crippen molar-refractivity contribution >= 4 is 0 Å². The van der Waals surface area contributed by atoms with Crippen molar-refractivity contribution in [1.29, 1.82) is 0 Å². The average molecular weight is 387 g/mol. The lowest BCUT2D eigenvalue weighted by Crippen LogP contribution is -2.51. The fraction of sp³-hybridized carbons (Fsp3) is 0.680. The quantitative estimate of drug-likeness (QED) is 0.378. The summed E-state index contributed by atoms with van der Waals surface area (Å²) in [4.78, 5) is 0. The molecule has 0 spiro atoms. The van der Waals surface area contributed by atoms with Gasteiger partial charge in [-0.1, -0.05) is 66.4 Å². The van der Waals surface area contributed by atoms with E-state index in [0.717, 1.165) is 30.4 Å². The minimum absolute atomic E-state index is 0.0381. The van der Waals surface area contributed by atoms with Gasteiger partial charge < -0.3 is 15.3 Å². The molecule has 0 amide bonds. The van der Waals surface area contributed by atoms with E-state index in [0.29, 0.717) is 17.4 Å². The molecule has 3 aliphatic carbocycles. The van der Waals surface area contributed by atoms with Crippen molar-refractivity contribution in [2.24, 2.45) is 17.3 Å². The largest absolute Gasteiger partial charge is 0.507 e. The summed E-state index contributed by atoms with van der Waals surface area (Å²) in [6.07, 6.45) is 9.02. The first-order chi connectivity index (χ1) is 13.1. The van der Waals surface area contributed by atoms with Crippen LogP contribution >= 0.6 is 0 Å². The maximum Gasteiger partial charge on any atom is 0.123 e. The van der Waals surface area contributed by atoms with Gasteiger partial charge in [0, 0.05) is 11.5 Å². The van der Waals surface area contributed by atoms with Crippen LogP contribution in [0.5, 0.6) is 11.5 Å². The molecule has 3 nitrogen and oxygen atoms in total. The molecule has 1 saturated carbocycles. The summed E-state index contributed by atoms with van der Waals surface area (Å²) < 4.78 is 0. The molecule has 0 heterocycles. The molecule has 3 heteroatoms. The number of phenolic OH excluding ortho intramolecular Hbond substituents is 2. The van der Waals surface area contributed by atoms with Crippen LogP contribution < -0.4 is 0 Å². The van der Waals surface area contributed by atoms with Crippen molar-refractivity contribution < 1.29 is 15.3 Å². The summed E-state index contributed by atoms with van der Waals surface area (Å²) in [6, 6.07) is 3.72. The Labute approximate surface area is 170 Å². The van der Waals surface area contributed by atoms with Crippen LogP contribution in [-0.4, -0.2) is 21.9 Å². The Morgan fingerprint density at radius 3 is 2.25 bits per heavy atom. The molecule has 28 heavy (non-hydrogen) atoms. The highest BCUT2D eigenvalue weighted by molar-refractivity contribution is 5.54. The number of unbranched alkanes of at least 4 members (excludes halogenated alkanes) is 3. The van der Waals surface area contributed by atoms with Gasteiger partial charge >= 0.3 is 0 Å². The third-order valence-corrected chi connectivity index (χ3v) is 7.71. The second-order valence-corrected chi connectivity index (χ2v) is 10.3. The number of phenols is 2. The number of aliphatic hydroxyl groups excluding tert-OH is 1. The smallest absolute Gasteiger partial charge is 0.123 e. The number of aromatic hydroxyl groups is 2. The maximum atomic E-state index is 10.9. The fourth-order valence-corrected chi connectivity index (χ4v) is 5.60. The van der Waals surface area contributed by atoms with Gasteiger partial charge in [0.2, 0.25) is 0 Å². The third-order valence-electron chi connectivity index (χ3n) is 7.71. The highest BCUT2D eigenvalue weighted by Gasteiger charge is 2.55. The molecule has 1 aromatic carbocycles. The summed E-state index contributed by atoms with van der Waals surface area (Å²) >= 11 is 0. The van der Waals surface area contributed by atoms with E-state index in [1.54, 1.807) is 0 Å². The molecular formula is C25H38O3. The van der Waals surface area contributed by atoms with E-state index in [1.165, 1.54) is 19.3 Å². The van der Waals surface area contributed by atoms with Gasteiger partial charge in [-0.25, -0.2) is 0 Å². The Morgan fingerprint density at radius 2 is 1.71 bits per heavy atom. The lowest BCUT2D eigenvalue weighted by molar-refractivity contribution is -0.0260. The Kier molecular flexibility index (Phi) is 5.87. The van der Waals surface area contributed by atoms with Crippen molar-refractivity contribution in [3.63, 3.8) is 0 Å². The van der Waals surface area contributed by atoms with Crippen LogP contribution in [-0.2, 0) is 5.41 Å². The number of hydrogen-bond acceptors (Lipinski definition) is 3. The molecule has 4 rings (SSSR count). The molecule has 3 N–H and O–H groups in total. The normalized spacial score (nSPS) is 25.9. The molecule has 0 saturated heterocycles. The Balaban J connectivity index is 1.89. The minimum Gasteiger partial charge on any atom is -0.507 e. The molecule has 0 radical (unpaired) electrons. The highest BCUT2D eigenvalue weighted by atomic mass is 16.3. The Hall–Kier alpha value is -1.48. The second-order valence-electron chi connectivity index (χ2n) is 10.3. The summed E-state index contributed by atoms with van der Waals surface area (Å²) in [5.41, 5.74) is 2.69. The van der Waals surface area contributed by atoms with Gasteiger partial charge in [-0.15, -0.1) is 0 Å². The summed E-state index contributed by atoms with van der Waals surface area (Å²) in [6.45, 7) is 11.1. The van der Waals surface area contributed by atoms with E-state index in [1.807, 2.05) is 12.1 Å². The number of aliphatic hydroxyl groups is 1. The lowest BCUT2D eigenvalue weighted by atomic mass is 9.45. The van der Waals surface area contributed by atoms with Gasteiger partial charge in [0.05, 0.1) is 6.61 Å². The van der Waals surface area contributed by atoms with E-state index in [4.69, 9.17) is 0 Å². The average Bonchev–Trinajstić information content (AvgIpc) is 2.64. The molecule has 1 fully saturated rings. The molecule has 3 aliphatic rings. The monoisotopic (exact) mass is 386 g/mol. The molecule has 0 unspecified atom stereocenters.